The zero-order chi connectivity index (χ0) is 19.6. The Bertz CT molecular complexity index is 787. The summed E-state index contributed by atoms with van der Waals surface area (Å²) >= 11 is 7.41. The average Bonchev–Trinajstić information content (AvgIpc) is 2.65. The van der Waals surface area contributed by atoms with Crippen molar-refractivity contribution >= 4 is 40.9 Å². The zero-order valence-corrected chi connectivity index (χ0v) is 16.7. The van der Waals surface area contributed by atoms with Crippen molar-refractivity contribution in [1.29, 1.82) is 0 Å². The topological polar surface area (TPSA) is 93.2 Å². The minimum atomic E-state index is -0.436. The van der Waals surface area contributed by atoms with Gasteiger partial charge >= 0.3 is 0 Å². The molecule has 0 radical (unpaired) electrons. The van der Waals surface area contributed by atoms with E-state index in [1.807, 2.05) is 13.8 Å². The number of nitrogens with zero attached hydrogens (tertiary/aromatic N) is 2. The summed E-state index contributed by atoms with van der Waals surface area (Å²) in [5, 5.41) is 6.07. The summed E-state index contributed by atoms with van der Waals surface area (Å²) in [6.45, 7) is 4.62. The van der Waals surface area contributed by atoms with Crippen molar-refractivity contribution < 1.29 is 14.3 Å². The quantitative estimate of drug-likeness (QED) is 0.488. The summed E-state index contributed by atoms with van der Waals surface area (Å²) in [5.74, 6) is 0.879. The molecular formula is C18H21ClN4O3S. The summed E-state index contributed by atoms with van der Waals surface area (Å²) in [5.41, 5.74) is 0.768. The van der Waals surface area contributed by atoms with Crippen molar-refractivity contribution in [1.82, 2.24) is 15.3 Å². The smallest absolute Gasteiger partial charge is 0.271 e. The van der Waals surface area contributed by atoms with Crippen LogP contribution in [0.15, 0.2) is 35.6 Å². The van der Waals surface area contributed by atoms with Crippen molar-refractivity contribution in [3.63, 3.8) is 0 Å². The number of anilines is 1. The Balaban J connectivity index is 1.82. The first-order valence-electron chi connectivity index (χ1n) is 8.49. The van der Waals surface area contributed by atoms with Gasteiger partial charge in [0, 0.05) is 18.7 Å². The number of hydrogen-bond donors (Lipinski definition) is 2. The van der Waals surface area contributed by atoms with E-state index in [-0.39, 0.29) is 29.6 Å². The molecule has 0 saturated carbocycles. The summed E-state index contributed by atoms with van der Waals surface area (Å²) in [7, 11) is 0. The van der Waals surface area contributed by atoms with Crippen molar-refractivity contribution in [2.45, 2.75) is 25.4 Å². The molecule has 2 N–H and O–H groups in total. The van der Waals surface area contributed by atoms with Gasteiger partial charge in [-0.1, -0.05) is 30.3 Å². The predicted molar refractivity (Wildman–Crippen MR) is 107 cm³/mol. The summed E-state index contributed by atoms with van der Waals surface area (Å²) in [6, 6.07) is 7.08. The van der Waals surface area contributed by atoms with Gasteiger partial charge in [0.25, 0.3) is 5.91 Å². The molecule has 0 fully saturated rings. The molecule has 2 rings (SSSR count). The second-order valence-corrected chi connectivity index (χ2v) is 6.93. The molecular weight excluding hydrogens is 388 g/mol. The number of benzene rings is 1. The van der Waals surface area contributed by atoms with E-state index in [0.29, 0.717) is 17.5 Å². The Kier molecular flexibility index (Phi) is 8.35. The van der Waals surface area contributed by atoms with Crippen molar-refractivity contribution in [2.24, 2.45) is 0 Å². The molecule has 2 aromatic rings. The van der Waals surface area contributed by atoms with Gasteiger partial charge in [0.2, 0.25) is 5.91 Å². The Morgan fingerprint density at radius 1 is 1.22 bits per heavy atom. The van der Waals surface area contributed by atoms with Gasteiger partial charge in [0.1, 0.15) is 5.75 Å². The molecule has 9 heteroatoms. The van der Waals surface area contributed by atoms with Crippen LogP contribution in [-0.2, 0) is 4.79 Å². The third kappa shape index (κ3) is 6.73. The molecule has 1 aromatic heterocycles. The highest BCUT2D eigenvalue weighted by atomic mass is 35.5. The lowest BCUT2D eigenvalue weighted by molar-refractivity contribution is -0.116. The largest absolute Gasteiger partial charge is 0.494 e. The van der Waals surface area contributed by atoms with Gasteiger partial charge in [0.05, 0.1) is 17.8 Å². The van der Waals surface area contributed by atoms with Crippen LogP contribution in [0.1, 0.15) is 30.8 Å². The van der Waals surface area contributed by atoms with Crippen molar-refractivity contribution in [3.05, 3.63) is 41.2 Å². The number of rotatable bonds is 9. The monoisotopic (exact) mass is 408 g/mol. The van der Waals surface area contributed by atoms with Gasteiger partial charge in [-0.25, -0.2) is 9.97 Å². The third-order valence-corrected chi connectivity index (χ3v) is 4.32. The van der Waals surface area contributed by atoms with Gasteiger partial charge in [0.15, 0.2) is 10.9 Å². The van der Waals surface area contributed by atoms with E-state index in [0.717, 1.165) is 11.5 Å². The number of amides is 2. The van der Waals surface area contributed by atoms with Gasteiger partial charge in [-0.3, -0.25) is 9.59 Å². The van der Waals surface area contributed by atoms with Crippen LogP contribution in [0.5, 0.6) is 5.75 Å². The normalized spacial score (nSPS) is 10.3. The first-order chi connectivity index (χ1) is 13.0. The van der Waals surface area contributed by atoms with Crippen LogP contribution >= 0.6 is 23.4 Å². The summed E-state index contributed by atoms with van der Waals surface area (Å²) in [4.78, 5) is 32.4. The van der Waals surface area contributed by atoms with Gasteiger partial charge in [-0.15, -0.1) is 0 Å². The number of thioether (sulfide) groups is 1. The maximum Gasteiger partial charge on any atom is 0.271 e. The van der Waals surface area contributed by atoms with E-state index in [1.54, 1.807) is 24.3 Å². The molecule has 0 saturated heterocycles. The number of nitrogens with one attached hydrogen (secondary N) is 2. The number of halogens is 1. The van der Waals surface area contributed by atoms with E-state index in [1.165, 1.54) is 18.0 Å². The molecule has 0 bridgehead atoms. The lowest BCUT2D eigenvalue weighted by atomic mass is 10.3. The molecule has 27 heavy (non-hydrogen) atoms. The highest BCUT2D eigenvalue weighted by Crippen LogP contribution is 2.18. The molecule has 144 valence electrons. The van der Waals surface area contributed by atoms with Crippen LogP contribution in [0.3, 0.4) is 0 Å². The van der Waals surface area contributed by atoms with E-state index >= 15 is 0 Å². The highest BCUT2D eigenvalue weighted by molar-refractivity contribution is 7.99. The number of hydrogen-bond acceptors (Lipinski definition) is 6. The molecule has 0 aliphatic heterocycles. The second-order valence-electron chi connectivity index (χ2n) is 5.29. The van der Waals surface area contributed by atoms with Crippen molar-refractivity contribution in [3.8, 4) is 5.75 Å². The van der Waals surface area contributed by atoms with Gasteiger partial charge < -0.3 is 15.4 Å². The lowest BCUT2D eigenvalue weighted by Gasteiger charge is -2.09. The van der Waals surface area contributed by atoms with Gasteiger partial charge in [-0.05, 0) is 36.9 Å². The molecule has 1 heterocycles. The number of carbonyl (C=O) groups is 2. The molecule has 0 aliphatic rings. The fourth-order valence-corrected chi connectivity index (χ4v) is 2.82. The van der Waals surface area contributed by atoms with Crippen molar-refractivity contribution in [2.75, 3.05) is 24.2 Å². The van der Waals surface area contributed by atoms with Crippen LogP contribution in [0.25, 0.3) is 0 Å². The first-order valence-corrected chi connectivity index (χ1v) is 9.86. The van der Waals surface area contributed by atoms with E-state index in [2.05, 4.69) is 20.6 Å². The van der Waals surface area contributed by atoms with E-state index < -0.39 is 5.91 Å². The minimum absolute atomic E-state index is 0.106. The number of aromatic nitrogens is 2. The van der Waals surface area contributed by atoms with Crippen LogP contribution < -0.4 is 15.4 Å². The lowest BCUT2D eigenvalue weighted by Crippen LogP contribution is -2.28. The Morgan fingerprint density at radius 3 is 2.63 bits per heavy atom. The number of carbonyl (C=O) groups excluding carboxylic acids is 2. The predicted octanol–water partition coefficient (Wildman–Crippen LogP) is 3.40. The SMILES string of the molecule is CCOc1ccc(NC(=O)CCNC(=O)c2nc(SCC)ncc2Cl)cc1. The van der Waals surface area contributed by atoms with Crippen LogP contribution in [-0.4, -0.2) is 40.7 Å². The molecule has 1 aromatic carbocycles. The van der Waals surface area contributed by atoms with E-state index in [4.69, 9.17) is 16.3 Å². The van der Waals surface area contributed by atoms with Crippen LogP contribution in [0, 0.1) is 0 Å². The minimum Gasteiger partial charge on any atom is -0.494 e. The maximum atomic E-state index is 12.2. The third-order valence-electron chi connectivity index (χ3n) is 3.30. The maximum absolute atomic E-state index is 12.2. The Hall–Kier alpha value is -2.32. The summed E-state index contributed by atoms with van der Waals surface area (Å²) in [6.07, 6.45) is 1.53. The second kappa shape index (κ2) is 10.7. The number of ether oxygens (including phenoxy) is 1. The van der Waals surface area contributed by atoms with Gasteiger partial charge in [-0.2, -0.15) is 0 Å². The zero-order valence-electron chi connectivity index (χ0n) is 15.1. The van der Waals surface area contributed by atoms with E-state index in [9.17, 15) is 9.59 Å². The standard InChI is InChI=1S/C18H21ClN4O3S/c1-3-26-13-7-5-12(6-8-13)22-15(24)9-10-20-17(25)16-14(19)11-21-18(23-16)27-4-2/h5-8,11H,3-4,9-10H2,1-2H3,(H,20,25)(H,22,24). The molecule has 0 atom stereocenters. The molecule has 7 nitrogen and oxygen atoms in total. The Morgan fingerprint density at radius 2 is 1.96 bits per heavy atom. The first kappa shape index (κ1) is 21.0. The average molecular weight is 409 g/mol. The van der Waals surface area contributed by atoms with Crippen LogP contribution in [0.4, 0.5) is 5.69 Å². The molecule has 0 aliphatic carbocycles. The fraction of sp³-hybridized carbons (Fsp3) is 0.333. The Labute approximate surface area is 167 Å². The molecule has 0 spiro atoms. The molecule has 0 unspecified atom stereocenters. The fourth-order valence-electron chi connectivity index (χ4n) is 2.11. The summed E-state index contributed by atoms with van der Waals surface area (Å²) < 4.78 is 5.35. The van der Waals surface area contributed by atoms with Crippen LogP contribution in [0.2, 0.25) is 5.02 Å². The molecule has 2 amide bonds. The highest BCUT2D eigenvalue weighted by Gasteiger charge is 2.14.